The molecule has 8 N–H and O–H groups in total. The van der Waals surface area contributed by atoms with E-state index in [0.717, 1.165) is 60.0 Å². The zero-order valence-corrected chi connectivity index (χ0v) is 36.9. The molecule has 0 fully saturated rings. The van der Waals surface area contributed by atoms with Crippen LogP contribution in [0.15, 0.2) is 64.9 Å². The van der Waals surface area contributed by atoms with Crippen molar-refractivity contribution in [1.29, 1.82) is 0 Å². The second kappa shape index (κ2) is 33.4. The standard InChI is InChI=1S/C32H47ClN4O2.C6H12O3S2.C2H6.H4N2/c1-10-15-25(16-11-2)26-20-31(38-21(4)5)30(19-23(26)8)34-24(9)35-32(27(33)12-3)36-28-17-13-14-18-29(28)37-39-22(6)7;1-6(8)9-3-5-11-10-4-2-7;2*1-2/h12-14,17-22,25,34,37H,9-11,15-16H2,1-8H3,(H,35,36);7H,2-5H2,1H3;1-2H3;1-2H2/b27-12+;;;. The van der Waals surface area contributed by atoms with Gasteiger partial charge in [0.25, 0.3) is 0 Å². The maximum Gasteiger partial charge on any atom is 0.302 e. The molecule has 0 aromatic heterocycles. The van der Waals surface area contributed by atoms with Gasteiger partial charge >= 0.3 is 5.97 Å². The Labute approximate surface area is 339 Å². The van der Waals surface area contributed by atoms with Crippen molar-refractivity contribution in [1.82, 2.24) is 0 Å². The SMILES string of the molecule is C=C(/N=C(Nc1ccccc1NOC(C)C)\C(Cl)=C/C)Nc1cc(C)c(C(CCC)CCC)cc1OC(C)C.CC.CC(=O)OCCSSCCO.NN. The minimum atomic E-state index is -0.238. The number of anilines is 3. The van der Waals surface area contributed by atoms with Crippen LogP contribution in [0.4, 0.5) is 17.1 Å². The highest BCUT2D eigenvalue weighted by atomic mass is 35.5. The highest BCUT2D eigenvalue weighted by Crippen LogP contribution is 2.37. The maximum absolute atomic E-state index is 10.3. The van der Waals surface area contributed by atoms with E-state index in [1.54, 1.807) is 27.7 Å². The van der Waals surface area contributed by atoms with Crippen LogP contribution in [0.5, 0.6) is 5.75 Å². The van der Waals surface area contributed by atoms with E-state index in [9.17, 15) is 4.79 Å². The van der Waals surface area contributed by atoms with Crippen molar-refractivity contribution in [2.45, 2.75) is 120 Å². The smallest absolute Gasteiger partial charge is 0.302 e. The molecule has 2 aromatic rings. The second-order valence-corrected chi connectivity index (χ2v) is 15.1. The first-order valence-corrected chi connectivity index (χ1v) is 21.5. The quantitative estimate of drug-likeness (QED) is 0.0135. The number of nitrogens with zero attached hydrogens (tertiary/aromatic N) is 1. The van der Waals surface area contributed by atoms with Crippen LogP contribution in [0.3, 0.4) is 0 Å². The monoisotopic (exact) mass is 812 g/mol. The van der Waals surface area contributed by atoms with E-state index in [4.69, 9.17) is 31.3 Å². The van der Waals surface area contributed by atoms with Gasteiger partial charge in [0.15, 0.2) is 5.84 Å². The second-order valence-electron chi connectivity index (χ2n) is 12.0. The molecule has 0 unspecified atom stereocenters. The summed E-state index contributed by atoms with van der Waals surface area (Å²) in [6, 6.07) is 12.0. The molecule has 0 aliphatic rings. The Morgan fingerprint density at radius 1 is 0.981 bits per heavy atom. The average Bonchev–Trinajstić information content (AvgIpc) is 3.14. The molecule has 14 heteroatoms. The fourth-order valence-corrected chi connectivity index (χ4v) is 6.39. The molecule has 0 spiro atoms. The molecule has 11 nitrogen and oxygen atoms in total. The summed E-state index contributed by atoms with van der Waals surface area (Å²) in [5.41, 5.74) is 7.94. The first-order chi connectivity index (χ1) is 25.9. The number of hydrazine groups is 1. The van der Waals surface area contributed by atoms with Gasteiger partial charge in [-0.1, -0.05) is 98.5 Å². The van der Waals surface area contributed by atoms with Crippen molar-refractivity contribution < 1.29 is 24.2 Å². The molecule has 0 saturated heterocycles. The Kier molecular flexibility index (Phi) is 32.9. The molecule has 308 valence electrons. The molecule has 2 rings (SSSR count). The third kappa shape index (κ3) is 23.8. The third-order valence-corrected chi connectivity index (χ3v) is 9.51. The molecule has 0 saturated carbocycles. The van der Waals surface area contributed by atoms with Crippen LogP contribution in [-0.2, 0) is 14.4 Å². The van der Waals surface area contributed by atoms with Crippen molar-refractivity contribution in [2.24, 2.45) is 16.7 Å². The topological polar surface area (TPSA) is 165 Å². The van der Waals surface area contributed by atoms with Crippen molar-refractivity contribution in [3.8, 4) is 5.75 Å². The van der Waals surface area contributed by atoms with Gasteiger partial charge in [-0.05, 0) is 95.7 Å². The van der Waals surface area contributed by atoms with Crippen LogP contribution >= 0.6 is 33.2 Å². The number of nitrogens with one attached hydrogen (secondary N) is 3. The van der Waals surface area contributed by atoms with Crippen LogP contribution in [0, 0.1) is 6.92 Å². The van der Waals surface area contributed by atoms with Gasteiger partial charge in [0, 0.05) is 18.4 Å². The lowest BCUT2D eigenvalue weighted by Gasteiger charge is -2.23. The Balaban J connectivity index is 0. The van der Waals surface area contributed by atoms with Crippen LogP contribution in [0.1, 0.15) is 112 Å². The van der Waals surface area contributed by atoms with Gasteiger partial charge in [-0.2, -0.15) is 0 Å². The zero-order valence-electron chi connectivity index (χ0n) is 34.5. The molecule has 2 aromatic carbocycles. The van der Waals surface area contributed by atoms with E-state index in [-0.39, 0.29) is 24.8 Å². The van der Waals surface area contributed by atoms with Gasteiger partial charge in [0.1, 0.15) is 18.2 Å². The predicted molar refractivity (Wildman–Crippen MR) is 238 cm³/mol. The molecule has 0 atom stereocenters. The molecule has 0 aliphatic heterocycles. The van der Waals surface area contributed by atoms with Crippen LogP contribution < -0.4 is 32.5 Å². The highest BCUT2D eigenvalue weighted by molar-refractivity contribution is 8.76. The number of aliphatic hydroxyl groups is 1. The predicted octanol–water partition coefficient (Wildman–Crippen LogP) is 10.5. The van der Waals surface area contributed by atoms with Crippen molar-refractivity contribution in [3.63, 3.8) is 0 Å². The lowest BCUT2D eigenvalue weighted by atomic mass is 9.87. The number of benzene rings is 2. The molecule has 0 heterocycles. The number of aliphatic imine (C=N–C) groups is 1. The number of rotatable bonds is 21. The molecule has 0 aliphatic carbocycles. The number of amidine groups is 1. The summed E-state index contributed by atoms with van der Waals surface area (Å²) in [5.74, 6) is 11.5. The van der Waals surface area contributed by atoms with Crippen LogP contribution in [0.25, 0.3) is 0 Å². The van der Waals surface area contributed by atoms with Gasteiger partial charge < -0.3 is 25.2 Å². The number of hydrogen-bond donors (Lipinski definition) is 6. The number of carbonyl (C=O) groups is 1. The maximum atomic E-state index is 10.3. The summed E-state index contributed by atoms with van der Waals surface area (Å²) < 4.78 is 10.9. The number of aryl methyl sites for hydroxylation is 1. The first-order valence-electron chi connectivity index (χ1n) is 18.6. The summed E-state index contributed by atoms with van der Waals surface area (Å²) >= 11 is 6.57. The Morgan fingerprint density at radius 3 is 2.09 bits per heavy atom. The number of carbonyl (C=O) groups excluding carboxylic acids is 1. The Hall–Kier alpha value is -2.91. The number of ether oxygens (including phenoxy) is 2. The number of hydrogen-bond acceptors (Lipinski definition) is 12. The van der Waals surface area contributed by atoms with E-state index in [0.29, 0.717) is 29.2 Å². The number of esters is 1. The number of halogens is 1. The Bertz CT molecular complexity index is 1370. The first kappa shape index (κ1) is 53.2. The summed E-state index contributed by atoms with van der Waals surface area (Å²) in [5, 5.41) is 15.5. The van der Waals surface area contributed by atoms with Crippen molar-refractivity contribution in [2.75, 3.05) is 40.8 Å². The molecule has 54 heavy (non-hydrogen) atoms. The van der Waals surface area contributed by atoms with Gasteiger partial charge in [0.2, 0.25) is 0 Å². The Morgan fingerprint density at radius 2 is 1.57 bits per heavy atom. The highest BCUT2D eigenvalue weighted by Gasteiger charge is 2.18. The minimum Gasteiger partial charge on any atom is -0.489 e. The van der Waals surface area contributed by atoms with E-state index in [2.05, 4.69) is 72.0 Å². The molecule has 0 bridgehead atoms. The zero-order chi connectivity index (χ0) is 41.5. The lowest BCUT2D eigenvalue weighted by Crippen LogP contribution is -2.17. The number of nitrogens with two attached hydrogens (primary N) is 2. The van der Waals surface area contributed by atoms with E-state index >= 15 is 0 Å². The molecule has 0 radical (unpaired) electrons. The van der Waals surface area contributed by atoms with Crippen LogP contribution in [0.2, 0.25) is 0 Å². The number of allylic oxidation sites excluding steroid dienone is 1. The number of aliphatic hydroxyl groups excluding tert-OH is 1. The van der Waals surface area contributed by atoms with Gasteiger partial charge in [-0.3, -0.25) is 26.8 Å². The number of para-hydroxylation sites is 2. The lowest BCUT2D eigenvalue weighted by molar-refractivity contribution is -0.140. The van der Waals surface area contributed by atoms with Gasteiger partial charge in [-0.25, -0.2) is 4.99 Å². The van der Waals surface area contributed by atoms with E-state index in [1.165, 1.54) is 18.1 Å². The largest absolute Gasteiger partial charge is 0.489 e. The van der Waals surface area contributed by atoms with Crippen molar-refractivity contribution in [3.05, 3.63) is 71.0 Å². The summed E-state index contributed by atoms with van der Waals surface area (Å²) in [4.78, 5) is 20.6. The fraction of sp³-hybridized carbons (Fsp3) is 0.550. The normalized spacial score (nSPS) is 11.1. The van der Waals surface area contributed by atoms with Gasteiger partial charge in [0.05, 0.1) is 40.9 Å². The summed E-state index contributed by atoms with van der Waals surface area (Å²) in [6.07, 6.45) is 6.46. The van der Waals surface area contributed by atoms with Crippen LogP contribution in [-0.4, -0.2) is 53.8 Å². The molecule has 0 amide bonds. The van der Waals surface area contributed by atoms with E-state index in [1.807, 2.05) is 72.7 Å². The summed E-state index contributed by atoms with van der Waals surface area (Å²) in [7, 11) is 3.18. The van der Waals surface area contributed by atoms with Crippen molar-refractivity contribution >= 4 is 62.1 Å². The summed E-state index contributed by atoms with van der Waals surface area (Å²) in [6.45, 7) is 26.7. The van der Waals surface area contributed by atoms with E-state index < -0.39 is 0 Å². The van der Waals surface area contributed by atoms with Gasteiger partial charge in [-0.15, -0.1) is 0 Å². The minimum absolute atomic E-state index is 0.0191. The average molecular weight is 814 g/mol. The molecular formula is C40H69ClN6O5S2. The molecular weight excluding hydrogens is 744 g/mol. The fourth-order valence-electron chi connectivity index (χ4n) is 4.71. The third-order valence-electron chi connectivity index (χ3n) is 6.77.